The Morgan fingerprint density at radius 2 is 1.66 bits per heavy atom. The average molecular weight is 844 g/mol. The lowest BCUT2D eigenvalue weighted by Crippen LogP contribution is -2.54. The monoisotopic (exact) mass is 843 g/mol. The summed E-state index contributed by atoms with van der Waals surface area (Å²) in [5.74, 6) is -2.32. The molecule has 1 unspecified atom stereocenters. The second-order valence-corrected chi connectivity index (χ2v) is 15.2. The van der Waals surface area contributed by atoms with E-state index in [2.05, 4.69) is 56.6 Å². The summed E-state index contributed by atoms with van der Waals surface area (Å²) in [7, 11) is 0. The van der Waals surface area contributed by atoms with Crippen LogP contribution in [0.1, 0.15) is 75.3 Å². The molecule has 0 saturated carbocycles. The van der Waals surface area contributed by atoms with Crippen LogP contribution < -0.4 is 26.6 Å². The lowest BCUT2D eigenvalue weighted by molar-refractivity contribution is -0.136. The minimum atomic E-state index is -1.04. The van der Waals surface area contributed by atoms with E-state index in [9.17, 15) is 33.6 Å². The largest absolute Gasteiger partial charge is 0.384 e. The van der Waals surface area contributed by atoms with Gasteiger partial charge in [0.15, 0.2) is 0 Å². The highest BCUT2D eigenvalue weighted by molar-refractivity contribution is 6.25. The van der Waals surface area contributed by atoms with Gasteiger partial charge in [-0.1, -0.05) is 18.2 Å². The van der Waals surface area contributed by atoms with Crippen LogP contribution in [-0.4, -0.2) is 127 Å². The number of anilines is 4. The van der Waals surface area contributed by atoms with Gasteiger partial charge in [-0.05, 0) is 55.2 Å². The third kappa shape index (κ3) is 9.14. The number of rotatable bonds is 16. The number of nitrogens with zero attached hydrogens (tertiary/aromatic N) is 6. The van der Waals surface area contributed by atoms with Crippen LogP contribution in [0, 0.1) is 0 Å². The van der Waals surface area contributed by atoms with Crippen LogP contribution in [0.25, 0.3) is 11.0 Å². The number of benzene rings is 2. The molecule has 3 aliphatic heterocycles. The highest BCUT2D eigenvalue weighted by Gasteiger charge is 2.45. The predicted molar refractivity (Wildman–Crippen MR) is 225 cm³/mol. The van der Waals surface area contributed by atoms with Crippen molar-refractivity contribution < 1.29 is 33.6 Å². The van der Waals surface area contributed by atoms with Gasteiger partial charge in [-0.15, -0.1) is 0 Å². The number of hydrogen-bond acceptors (Lipinski definition) is 13. The van der Waals surface area contributed by atoms with Crippen LogP contribution in [0.4, 0.5) is 22.9 Å². The topological polar surface area (TPSA) is 260 Å². The Hall–Kier alpha value is -7.48. The summed E-state index contributed by atoms with van der Waals surface area (Å²) in [5, 5.41) is 21.9. The fourth-order valence-electron chi connectivity index (χ4n) is 7.78. The van der Waals surface area contributed by atoms with Crippen LogP contribution in [0.15, 0.2) is 67.3 Å². The molecule has 2 saturated heterocycles. The molecule has 0 spiro atoms. The number of fused-ring (bicyclic) bond motifs is 2. The van der Waals surface area contributed by atoms with Crippen LogP contribution in [0.5, 0.6) is 0 Å². The molecule has 5 aromatic rings. The summed E-state index contributed by atoms with van der Waals surface area (Å²) in [5.41, 5.74) is 3.96. The Balaban J connectivity index is 0.702. The van der Waals surface area contributed by atoms with Crippen molar-refractivity contribution in [2.24, 2.45) is 0 Å². The first-order valence-corrected chi connectivity index (χ1v) is 20.5. The first-order valence-electron chi connectivity index (χ1n) is 20.5. The van der Waals surface area contributed by atoms with Gasteiger partial charge >= 0.3 is 0 Å². The highest BCUT2D eigenvalue weighted by Crippen LogP contribution is 2.32. The van der Waals surface area contributed by atoms with Crippen LogP contribution in [0.2, 0.25) is 0 Å². The standard InChI is InChI=1S/C42H45N13O7/c56-32(44-16-2-1-15-43-29-5-3-4-27-35(29)42(62)55(41(27)61)31-10-11-33(57)51-39(31)59)12-13-34(58)54-20-18-53(19-21-54)23-25-6-8-26(9-7-25)49-40(60)36-30(22-48-52-36)50-38-28-14-17-45-37(28)46-24-47-38/h3-9,14,17,22,24,31,43H,1-2,10-13,15-16,18-21,23H2,(H,44,56)(H,48,52)(H,49,60)(H,51,57,59)(H2,45,46,47,50). The van der Waals surface area contributed by atoms with Gasteiger partial charge in [0, 0.05) is 82.6 Å². The van der Waals surface area contributed by atoms with Gasteiger partial charge in [0.05, 0.1) is 28.4 Å². The molecular formula is C42H45N13O7. The second-order valence-electron chi connectivity index (χ2n) is 15.2. The first kappa shape index (κ1) is 41.3. The lowest BCUT2D eigenvalue weighted by Gasteiger charge is -2.34. The molecule has 2 aromatic carbocycles. The number of amides is 7. The zero-order valence-corrected chi connectivity index (χ0v) is 33.7. The zero-order chi connectivity index (χ0) is 43.2. The molecule has 0 aliphatic carbocycles. The average Bonchev–Trinajstić information content (AvgIpc) is 4.01. The fourth-order valence-corrected chi connectivity index (χ4v) is 7.78. The van der Waals surface area contributed by atoms with Crippen LogP contribution in [-0.2, 0) is 25.7 Å². The Kier molecular flexibility index (Phi) is 12.3. The molecule has 20 heteroatoms. The van der Waals surface area contributed by atoms with Crippen molar-refractivity contribution >= 4 is 75.3 Å². The maximum absolute atomic E-state index is 13.3. The van der Waals surface area contributed by atoms with Crippen molar-refractivity contribution in [2.75, 3.05) is 55.2 Å². The van der Waals surface area contributed by atoms with E-state index in [0.29, 0.717) is 87.2 Å². The van der Waals surface area contributed by atoms with Crippen molar-refractivity contribution in [1.29, 1.82) is 0 Å². The SMILES string of the molecule is O=C(CCC(=O)N1CCN(Cc2ccc(NC(=O)c3[nH]ncc3Nc3ncnc4[nH]ccc34)cc2)CC1)NCCCCNc1cccc2c1C(=O)N(C1CCC(=O)NC1=O)C2=O. The predicted octanol–water partition coefficient (Wildman–Crippen LogP) is 2.51. The second kappa shape index (κ2) is 18.4. The molecule has 320 valence electrons. The van der Waals surface area contributed by atoms with E-state index in [1.165, 1.54) is 12.5 Å². The number of aromatic nitrogens is 5. The number of H-pyrrole nitrogens is 2. The molecule has 20 nitrogen and oxygen atoms in total. The molecule has 7 N–H and O–H groups in total. The van der Waals surface area contributed by atoms with Crippen LogP contribution >= 0.6 is 0 Å². The summed E-state index contributed by atoms with van der Waals surface area (Å²) in [6.07, 6.45) is 6.35. The molecule has 2 fully saturated rings. The molecule has 3 aliphatic rings. The molecule has 62 heavy (non-hydrogen) atoms. The van der Waals surface area contributed by atoms with E-state index >= 15 is 0 Å². The molecule has 7 amide bonds. The van der Waals surface area contributed by atoms with Crippen molar-refractivity contribution in [2.45, 2.75) is 51.1 Å². The summed E-state index contributed by atoms with van der Waals surface area (Å²) < 4.78 is 0. The molecule has 6 heterocycles. The van der Waals surface area contributed by atoms with Gasteiger partial charge in [0.25, 0.3) is 17.7 Å². The number of piperidine rings is 1. The smallest absolute Gasteiger partial charge is 0.275 e. The Bertz CT molecular complexity index is 2530. The summed E-state index contributed by atoms with van der Waals surface area (Å²) in [6.45, 7) is 4.07. The van der Waals surface area contributed by atoms with Gasteiger partial charge in [-0.3, -0.25) is 53.8 Å². The van der Waals surface area contributed by atoms with Crippen molar-refractivity contribution in [3.05, 3.63) is 89.6 Å². The van der Waals surface area contributed by atoms with E-state index in [0.717, 1.165) is 15.8 Å². The van der Waals surface area contributed by atoms with E-state index in [4.69, 9.17) is 0 Å². The molecule has 1 atom stereocenters. The van der Waals surface area contributed by atoms with E-state index in [-0.39, 0.29) is 60.2 Å². The first-order chi connectivity index (χ1) is 30.1. The molecule has 0 radical (unpaired) electrons. The zero-order valence-electron chi connectivity index (χ0n) is 33.7. The number of hydrogen-bond donors (Lipinski definition) is 7. The number of piperazine rings is 1. The third-order valence-corrected chi connectivity index (χ3v) is 11.1. The minimum absolute atomic E-state index is 0.0467. The van der Waals surface area contributed by atoms with E-state index < -0.39 is 29.7 Å². The lowest BCUT2D eigenvalue weighted by atomic mass is 10.0. The van der Waals surface area contributed by atoms with Crippen molar-refractivity contribution in [3.8, 4) is 0 Å². The Morgan fingerprint density at radius 3 is 2.47 bits per heavy atom. The Morgan fingerprint density at radius 1 is 0.855 bits per heavy atom. The van der Waals surface area contributed by atoms with Crippen LogP contribution in [0.3, 0.4) is 0 Å². The van der Waals surface area contributed by atoms with Gasteiger partial charge in [-0.2, -0.15) is 5.10 Å². The van der Waals surface area contributed by atoms with Gasteiger partial charge in [-0.25, -0.2) is 9.97 Å². The highest BCUT2D eigenvalue weighted by atomic mass is 16.2. The van der Waals surface area contributed by atoms with E-state index in [1.54, 1.807) is 29.3 Å². The van der Waals surface area contributed by atoms with E-state index in [1.807, 2.05) is 30.3 Å². The maximum atomic E-state index is 13.3. The summed E-state index contributed by atoms with van der Waals surface area (Å²) in [6, 6.07) is 13.3. The summed E-state index contributed by atoms with van der Waals surface area (Å²) in [4.78, 5) is 105. The number of nitrogens with one attached hydrogen (secondary N) is 7. The quantitative estimate of drug-likeness (QED) is 0.0557. The number of aromatic amines is 2. The minimum Gasteiger partial charge on any atom is -0.384 e. The van der Waals surface area contributed by atoms with Crippen molar-refractivity contribution in [3.63, 3.8) is 0 Å². The number of unbranched alkanes of at least 4 members (excludes halogenated alkanes) is 1. The van der Waals surface area contributed by atoms with Crippen molar-refractivity contribution in [1.82, 2.24) is 50.5 Å². The van der Waals surface area contributed by atoms with Gasteiger partial charge in [0.2, 0.25) is 23.6 Å². The molecule has 3 aromatic heterocycles. The molecule has 0 bridgehead atoms. The normalized spacial score (nSPS) is 16.6. The maximum Gasteiger partial charge on any atom is 0.275 e. The van der Waals surface area contributed by atoms with Gasteiger partial charge in [0.1, 0.15) is 29.5 Å². The fraction of sp³-hybridized carbons (Fsp3) is 0.333. The summed E-state index contributed by atoms with van der Waals surface area (Å²) >= 11 is 0. The number of imide groups is 2. The van der Waals surface area contributed by atoms with Gasteiger partial charge < -0.3 is 31.2 Å². The third-order valence-electron chi connectivity index (χ3n) is 11.1. The number of carbonyl (C=O) groups excluding carboxylic acids is 7. The number of carbonyl (C=O) groups is 7. The molecule has 8 rings (SSSR count). The Labute approximate surface area is 354 Å². The molecular weight excluding hydrogens is 799 g/mol.